The lowest BCUT2D eigenvalue weighted by Crippen LogP contribution is -2.36. The van der Waals surface area contributed by atoms with Crippen molar-refractivity contribution in [3.05, 3.63) is 41.8 Å². The van der Waals surface area contributed by atoms with Crippen LogP contribution in [0.1, 0.15) is 12.8 Å². The number of rotatable bonds is 6. The molecule has 1 amide bonds. The number of carbonyl (C=O) groups excluding carboxylic acids is 1. The highest BCUT2D eigenvalue weighted by molar-refractivity contribution is 7.94. The fraction of sp³-hybridized carbons (Fsp3) is 0.286. The largest absolute Gasteiger partial charge is 0.480 e. The Hall–Kier alpha value is -2.15. The van der Waals surface area contributed by atoms with Gasteiger partial charge in [-0.3, -0.25) is 9.59 Å². The van der Waals surface area contributed by atoms with Gasteiger partial charge in [-0.1, -0.05) is 18.2 Å². The van der Waals surface area contributed by atoms with Gasteiger partial charge in [0, 0.05) is 17.5 Å². The second-order valence-electron chi connectivity index (χ2n) is 4.75. The summed E-state index contributed by atoms with van der Waals surface area (Å²) in [6.07, 6.45) is 2.42. The average molecular weight is 309 g/mol. The summed E-state index contributed by atoms with van der Waals surface area (Å²) in [7, 11) is -3.70. The molecule has 1 aromatic carbocycles. The molecule has 0 aromatic heterocycles. The molecule has 2 rings (SSSR count). The normalized spacial score (nSPS) is 15.0. The van der Waals surface area contributed by atoms with Crippen LogP contribution in [-0.2, 0) is 19.4 Å². The van der Waals surface area contributed by atoms with Crippen molar-refractivity contribution in [2.75, 3.05) is 6.54 Å². The Morgan fingerprint density at radius 1 is 1.24 bits per heavy atom. The molecule has 0 bridgehead atoms. The van der Waals surface area contributed by atoms with E-state index < -0.39 is 28.3 Å². The van der Waals surface area contributed by atoms with Gasteiger partial charge < -0.3 is 10.0 Å². The molecule has 0 heterocycles. The van der Waals surface area contributed by atoms with Crippen molar-refractivity contribution in [1.82, 2.24) is 4.90 Å². The van der Waals surface area contributed by atoms with Crippen LogP contribution in [0, 0.1) is 0 Å². The number of hydrogen-bond donors (Lipinski definition) is 1. The Bertz CT molecular complexity index is 662. The minimum atomic E-state index is -3.70. The molecule has 0 aliphatic heterocycles. The van der Waals surface area contributed by atoms with Crippen LogP contribution in [0.5, 0.6) is 0 Å². The van der Waals surface area contributed by atoms with Gasteiger partial charge in [0.25, 0.3) is 0 Å². The van der Waals surface area contributed by atoms with E-state index in [1.165, 1.54) is 17.0 Å². The molecule has 0 atom stereocenters. The number of benzene rings is 1. The number of sulfone groups is 1. The molecule has 1 aliphatic carbocycles. The lowest BCUT2D eigenvalue weighted by Gasteiger charge is -2.17. The quantitative estimate of drug-likeness (QED) is 0.793. The molecule has 0 saturated heterocycles. The van der Waals surface area contributed by atoms with E-state index in [1.807, 2.05) is 0 Å². The molecule has 1 aromatic rings. The number of carboxylic acids is 1. The Morgan fingerprint density at radius 2 is 1.86 bits per heavy atom. The van der Waals surface area contributed by atoms with E-state index in [0.717, 1.165) is 24.3 Å². The lowest BCUT2D eigenvalue weighted by atomic mass is 10.4. The predicted molar refractivity (Wildman–Crippen MR) is 75.1 cm³/mol. The number of amides is 1. The summed E-state index contributed by atoms with van der Waals surface area (Å²) in [5.74, 6) is -1.71. The van der Waals surface area contributed by atoms with Crippen LogP contribution in [0.2, 0.25) is 0 Å². The summed E-state index contributed by atoms with van der Waals surface area (Å²) in [5, 5.41) is 9.60. The van der Waals surface area contributed by atoms with Crippen LogP contribution in [0.3, 0.4) is 0 Å². The maximum absolute atomic E-state index is 12.0. The summed E-state index contributed by atoms with van der Waals surface area (Å²) in [4.78, 5) is 24.0. The van der Waals surface area contributed by atoms with E-state index in [2.05, 4.69) is 0 Å². The van der Waals surface area contributed by atoms with E-state index in [0.29, 0.717) is 0 Å². The standard InChI is InChI=1S/C14H15NO5S/c16-13(15(10-14(17)18)11-6-7-11)8-9-21(19,20)12-4-2-1-3-5-12/h1-5,8-9,11H,6-7,10H2,(H,17,18). The van der Waals surface area contributed by atoms with Gasteiger partial charge in [-0.25, -0.2) is 8.42 Å². The summed E-state index contributed by atoms with van der Waals surface area (Å²) in [5.41, 5.74) is 0. The fourth-order valence-electron chi connectivity index (χ4n) is 1.85. The highest BCUT2D eigenvalue weighted by Gasteiger charge is 2.33. The van der Waals surface area contributed by atoms with Crippen LogP contribution >= 0.6 is 0 Å². The van der Waals surface area contributed by atoms with E-state index in [4.69, 9.17) is 5.11 Å². The number of hydrogen-bond acceptors (Lipinski definition) is 4. The first-order chi connectivity index (χ1) is 9.90. The van der Waals surface area contributed by atoms with Crippen molar-refractivity contribution in [3.63, 3.8) is 0 Å². The molecule has 0 spiro atoms. The molecule has 21 heavy (non-hydrogen) atoms. The Labute approximate surface area is 122 Å². The van der Waals surface area contributed by atoms with Crippen molar-refractivity contribution < 1.29 is 23.1 Å². The second kappa shape index (κ2) is 6.09. The Morgan fingerprint density at radius 3 is 2.38 bits per heavy atom. The minimum Gasteiger partial charge on any atom is -0.480 e. The van der Waals surface area contributed by atoms with Crippen LogP contribution in [-0.4, -0.2) is 42.9 Å². The maximum Gasteiger partial charge on any atom is 0.323 e. The van der Waals surface area contributed by atoms with Gasteiger partial charge >= 0.3 is 5.97 Å². The molecule has 1 N–H and O–H groups in total. The van der Waals surface area contributed by atoms with Crippen LogP contribution in [0.15, 0.2) is 46.7 Å². The van der Waals surface area contributed by atoms with E-state index in [1.54, 1.807) is 18.2 Å². The van der Waals surface area contributed by atoms with Crippen LogP contribution in [0.4, 0.5) is 0 Å². The predicted octanol–water partition coefficient (Wildman–Crippen LogP) is 1.05. The van der Waals surface area contributed by atoms with Crippen molar-refractivity contribution in [1.29, 1.82) is 0 Å². The third-order valence-corrected chi connectivity index (χ3v) is 4.46. The second-order valence-corrected chi connectivity index (χ2v) is 6.59. The molecule has 1 saturated carbocycles. The topological polar surface area (TPSA) is 91.8 Å². The van der Waals surface area contributed by atoms with Crippen LogP contribution in [0.25, 0.3) is 0 Å². The van der Waals surface area contributed by atoms with Crippen molar-refractivity contribution in [2.45, 2.75) is 23.8 Å². The highest BCUT2D eigenvalue weighted by atomic mass is 32.2. The first kappa shape index (κ1) is 15.2. The number of aliphatic carboxylic acids is 1. The summed E-state index contributed by atoms with van der Waals surface area (Å²) in [6, 6.07) is 7.63. The molecular formula is C14H15NO5S. The van der Waals surface area contributed by atoms with E-state index in [9.17, 15) is 18.0 Å². The third-order valence-electron chi connectivity index (χ3n) is 3.04. The van der Waals surface area contributed by atoms with Crippen molar-refractivity contribution >= 4 is 21.7 Å². The first-order valence-corrected chi connectivity index (χ1v) is 7.95. The maximum atomic E-state index is 12.0. The van der Waals surface area contributed by atoms with Gasteiger partial charge in [0.2, 0.25) is 5.91 Å². The third kappa shape index (κ3) is 4.16. The molecule has 6 nitrogen and oxygen atoms in total. The van der Waals surface area contributed by atoms with E-state index >= 15 is 0 Å². The number of carbonyl (C=O) groups is 2. The van der Waals surface area contributed by atoms with Crippen LogP contribution < -0.4 is 0 Å². The molecule has 1 aliphatic rings. The number of nitrogens with zero attached hydrogens (tertiary/aromatic N) is 1. The monoisotopic (exact) mass is 309 g/mol. The van der Waals surface area contributed by atoms with Crippen molar-refractivity contribution in [3.8, 4) is 0 Å². The minimum absolute atomic E-state index is 0.0882. The summed E-state index contributed by atoms with van der Waals surface area (Å²) < 4.78 is 24.0. The summed E-state index contributed by atoms with van der Waals surface area (Å²) >= 11 is 0. The van der Waals surface area contributed by atoms with Gasteiger partial charge in [0.1, 0.15) is 6.54 Å². The smallest absolute Gasteiger partial charge is 0.323 e. The van der Waals surface area contributed by atoms with E-state index in [-0.39, 0.29) is 10.9 Å². The molecule has 1 fully saturated rings. The average Bonchev–Trinajstić information content (AvgIpc) is 3.27. The molecule has 112 valence electrons. The highest BCUT2D eigenvalue weighted by Crippen LogP contribution is 2.27. The van der Waals surface area contributed by atoms with Gasteiger partial charge in [0.05, 0.1) is 4.90 Å². The van der Waals surface area contributed by atoms with Gasteiger partial charge in [-0.2, -0.15) is 0 Å². The molecule has 7 heteroatoms. The first-order valence-electron chi connectivity index (χ1n) is 6.41. The van der Waals surface area contributed by atoms with Gasteiger partial charge in [0.15, 0.2) is 9.84 Å². The summed E-state index contributed by atoms with van der Waals surface area (Å²) in [6.45, 7) is -0.417. The lowest BCUT2D eigenvalue weighted by molar-refractivity contribution is -0.143. The molecular weight excluding hydrogens is 294 g/mol. The Balaban J connectivity index is 2.12. The molecule has 0 unspecified atom stereocenters. The van der Waals surface area contributed by atoms with Gasteiger partial charge in [-0.15, -0.1) is 0 Å². The SMILES string of the molecule is O=C(O)CN(C(=O)C=CS(=O)(=O)c1ccccc1)C1CC1. The van der Waals surface area contributed by atoms with Gasteiger partial charge in [-0.05, 0) is 25.0 Å². The fourth-order valence-corrected chi connectivity index (χ4v) is 2.84. The Kier molecular flexibility index (Phi) is 4.42. The number of carboxylic acid groups (broad SMARTS) is 1. The zero-order chi connectivity index (χ0) is 15.5. The van der Waals surface area contributed by atoms with Crippen molar-refractivity contribution in [2.24, 2.45) is 0 Å². The zero-order valence-electron chi connectivity index (χ0n) is 11.2. The zero-order valence-corrected chi connectivity index (χ0v) is 12.0. The molecule has 0 radical (unpaired) electrons.